The molecule has 0 spiro atoms. The molecular weight excluding hydrogens is 203 g/mol. The fourth-order valence-corrected chi connectivity index (χ4v) is 1.61. The summed E-state index contributed by atoms with van der Waals surface area (Å²) in [7, 11) is 0. The molecule has 0 saturated heterocycles. The molecule has 0 bridgehead atoms. The molecule has 1 aromatic rings. The monoisotopic (exact) mass is 224 g/mol. The molecule has 0 aliphatic carbocycles. The highest BCUT2D eigenvalue weighted by molar-refractivity contribution is 5.56. The molecule has 0 amide bonds. The average Bonchev–Trinajstić information content (AvgIpc) is 2.23. The Bertz CT molecular complexity index is 337. The van der Waals surface area contributed by atoms with Crippen LogP contribution in [-0.2, 0) is 0 Å². The minimum Gasteiger partial charge on any atom is -0.396 e. The topological polar surface area (TPSA) is 29.3 Å². The van der Waals surface area contributed by atoms with Crippen molar-refractivity contribution in [3.05, 3.63) is 24.0 Å². The van der Waals surface area contributed by atoms with Gasteiger partial charge >= 0.3 is 0 Å². The van der Waals surface area contributed by atoms with Gasteiger partial charge in [-0.1, -0.05) is 13.8 Å². The Balaban J connectivity index is 2.74. The van der Waals surface area contributed by atoms with Crippen LogP contribution in [0.25, 0.3) is 0 Å². The van der Waals surface area contributed by atoms with Crippen LogP contribution in [0.5, 0.6) is 0 Å². The first-order chi connectivity index (χ1) is 7.54. The fourth-order valence-electron chi connectivity index (χ4n) is 1.61. The molecule has 0 aliphatic heterocycles. The van der Waals surface area contributed by atoms with E-state index >= 15 is 0 Å². The lowest BCUT2D eigenvalue weighted by Crippen LogP contribution is -2.25. The molecule has 0 fully saturated rings. The third-order valence-electron chi connectivity index (χ3n) is 2.70. The number of anilines is 2. The fraction of sp³-hybridized carbons (Fsp3) is 0.538. The number of hydrogen-bond acceptors (Lipinski definition) is 2. The lowest BCUT2D eigenvalue weighted by molar-refractivity contribution is 0.576. The van der Waals surface area contributed by atoms with Gasteiger partial charge in [-0.05, 0) is 37.5 Å². The third-order valence-corrected chi connectivity index (χ3v) is 2.70. The standard InChI is InChI=1S/C13H21FN2/c1-4-16(8-7-10(2)3)11-5-6-12(14)13(15)9-11/h5-6,9-10H,4,7-8,15H2,1-3H3. The number of hydrogen-bond donors (Lipinski definition) is 1. The highest BCUT2D eigenvalue weighted by atomic mass is 19.1. The maximum atomic E-state index is 13.0. The van der Waals surface area contributed by atoms with E-state index < -0.39 is 0 Å². The van der Waals surface area contributed by atoms with E-state index in [9.17, 15) is 4.39 Å². The van der Waals surface area contributed by atoms with Crippen LogP contribution >= 0.6 is 0 Å². The number of rotatable bonds is 5. The molecule has 0 radical (unpaired) electrons. The number of nitrogen functional groups attached to an aromatic ring is 1. The van der Waals surface area contributed by atoms with Crippen LogP contribution in [-0.4, -0.2) is 13.1 Å². The molecule has 16 heavy (non-hydrogen) atoms. The molecule has 0 aliphatic rings. The van der Waals surface area contributed by atoms with Gasteiger partial charge in [-0.2, -0.15) is 0 Å². The number of nitrogens with two attached hydrogens (primary N) is 1. The zero-order valence-corrected chi connectivity index (χ0v) is 10.3. The zero-order valence-electron chi connectivity index (χ0n) is 10.3. The summed E-state index contributed by atoms with van der Waals surface area (Å²) in [6, 6.07) is 4.93. The molecule has 1 rings (SSSR count). The van der Waals surface area contributed by atoms with E-state index in [1.54, 1.807) is 12.1 Å². The quantitative estimate of drug-likeness (QED) is 0.778. The highest BCUT2D eigenvalue weighted by Crippen LogP contribution is 2.21. The van der Waals surface area contributed by atoms with Crippen molar-refractivity contribution in [1.29, 1.82) is 0 Å². The minimum absolute atomic E-state index is 0.223. The second-order valence-electron chi connectivity index (χ2n) is 4.47. The second kappa shape index (κ2) is 5.73. The van der Waals surface area contributed by atoms with E-state index in [4.69, 9.17) is 5.73 Å². The van der Waals surface area contributed by atoms with Gasteiger partial charge in [-0.25, -0.2) is 4.39 Å². The summed E-state index contributed by atoms with van der Waals surface area (Å²) in [6.07, 6.45) is 1.13. The summed E-state index contributed by atoms with van der Waals surface area (Å²) in [4.78, 5) is 2.22. The van der Waals surface area contributed by atoms with E-state index in [1.165, 1.54) is 6.07 Å². The molecule has 2 nitrogen and oxygen atoms in total. The summed E-state index contributed by atoms with van der Waals surface area (Å²) in [5.74, 6) is 0.329. The molecule has 0 aromatic heterocycles. The normalized spacial score (nSPS) is 10.8. The largest absolute Gasteiger partial charge is 0.396 e. The van der Waals surface area contributed by atoms with Crippen molar-refractivity contribution >= 4 is 11.4 Å². The average molecular weight is 224 g/mol. The predicted molar refractivity (Wildman–Crippen MR) is 68.2 cm³/mol. The molecule has 0 heterocycles. The third kappa shape index (κ3) is 3.40. The summed E-state index contributed by atoms with van der Waals surface area (Å²) in [5, 5.41) is 0. The highest BCUT2D eigenvalue weighted by Gasteiger charge is 2.07. The number of halogens is 1. The van der Waals surface area contributed by atoms with Gasteiger partial charge in [-0.15, -0.1) is 0 Å². The van der Waals surface area contributed by atoms with Crippen LogP contribution in [0.2, 0.25) is 0 Å². The first-order valence-electron chi connectivity index (χ1n) is 5.84. The maximum Gasteiger partial charge on any atom is 0.146 e. The van der Waals surface area contributed by atoms with Crippen molar-refractivity contribution < 1.29 is 4.39 Å². The Morgan fingerprint density at radius 2 is 2.06 bits per heavy atom. The summed E-state index contributed by atoms with van der Waals surface area (Å²) >= 11 is 0. The van der Waals surface area contributed by atoms with Gasteiger partial charge in [0.15, 0.2) is 0 Å². The Kier molecular flexibility index (Phi) is 4.59. The molecule has 0 unspecified atom stereocenters. The second-order valence-corrected chi connectivity index (χ2v) is 4.47. The van der Waals surface area contributed by atoms with E-state index in [2.05, 4.69) is 25.7 Å². The molecule has 0 atom stereocenters. The molecule has 90 valence electrons. The maximum absolute atomic E-state index is 13.0. The minimum atomic E-state index is -0.344. The van der Waals surface area contributed by atoms with Gasteiger partial charge in [0.25, 0.3) is 0 Å². The molecule has 2 N–H and O–H groups in total. The van der Waals surface area contributed by atoms with E-state index in [-0.39, 0.29) is 11.5 Å². The van der Waals surface area contributed by atoms with Crippen LogP contribution in [0, 0.1) is 11.7 Å². The van der Waals surface area contributed by atoms with Gasteiger partial charge < -0.3 is 10.6 Å². The van der Waals surface area contributed by atoms with Gasteiger partial charge in [0.2, 0.25) is 0 Å². The SMILES string of the molecule is CCN(CCC(C)C)c1ccc(F)c(N)c1. The smallest absolute Gasteiger partial charge is 0.146 e. The van der Waals surface area contributed by atoms with Gasteiger partial charge in [0, 0.05) is 18.8 Å². The van der Waals surface area contributed by atoms with Gasteiger partial charge in [0.05, 0.1) is 5.69 Å². The zero-order chi connectivity index (χ0) is 12.1. The Labute approximate surface area is 97.3 Å². The summed E-state index contributed by atoms with van der Waals surface area (Å²) in [6.45, 7) is 8.40. The Hall–Kier alpha value is -1.25. The van der Waals surface area contributed by atoms with Crippen LogP contribution in [0.1, 0.15) is 27.2 Å². The van der Waals surface area contributed by atoms with Crippen LogP contribution in [0.4, 0.5) is 15.8 Å². The van der Waals surface area contributed by atoms with Crippen molar-refractivity contribution in [3.63, 3.8) is 0 Å². The summed E-state index contributed by atoms with van der Waals surface area (Å²) < 4.78 is 13.0. The van der Waals surface area contributed by atoms with Crippen molar-refractivity contribution in [3.8, 4) is 0 Å². The number of benzene rings is 1. The van der Waals surface area contributed by atoms with E-state index in [0.29, 0.717) is 5.92 Å². The molecule has 3 heteroatoms. The van der Waals surface area contributed by atoms with Crippen LogP contribution in [0.3, 0.4) is 0 Å². The lowest BCUT2D eigenvalue weighted by atomic mass is 10.1. The van der Waals surface area contributed by atoms with Crippen molar-refractivity contribution in [1.82, 2.24) is 0 Å². The number of nitrogens with zero attached hydrogens (tertiary/aromatic N) is 1. The Morgan fingerprint density at radius 3 is 2.56 bits per heavy atom. The van der Waals surface area contributed by atoms with Crippen LogP contribution < -0.4 is 10.6 Å². The predicted octanol–water partition coefficient (Wildman–Crippen LogP) is 3.28. The van der Waals surface area contributed by atoms with Crippen molar-refractivity contribution in [2.24, 2.45) is 5.92 Å². The molecule has 0 saturated carbocycles. The Morgan fingerprint density at radius 1 is 1.38 bits per heavy atom. The summed E-state index contributed by atoms with van der Waals surface area (Å²) in [5.41, 5.74) is 6.79. The first kappa shape index (κ1) is 12.8. The molecular formula is C13H21FN2. The van der Waals surface area contributed by atoms with E-state index in [0.717, 1.165) is 25.2 Å². The van der Waals surface area contributed by atoms with Gasteiger partial charge in [0.1, 0.15) is 5.82 Å². The first-order valence-corrected chi connectivity index (χ1v) is 5.84. The lowest BCUT2D eigenvalue weighted by Gasteiger charge is -2.24. The van der Waals surface area contributed by atoms with Crippen molar-refractivity contribution in [2.45, 2.75) is 27.2 Å². The van der Waals surface area contributed by atoms with Gasteiger partial charge in [-0.3, -0.25) is 0 Å². The van der Waals surface area contributed by atoms with Crippen molar-refractivity contribution in [2.75, 3.05) is 23.7 Å². The van der Waals surface area contributed by atoms with Crippen LogP contribution in [0.15, 0.2) is 18.2 Å². The molecule has 1 aromatic carbocycles. The van der Waals surface area contributed by atoms with E-state index in [1.807, 2.05) is 0 Å².